The number of ether oxygens (including phenoxy) is 1. The van der Waals surface area contributed by atoms with Gasteiger partial charge in [0.05, 0.1) is 34.6 Å². The maximum absolute atomic E-state index is 13.2. The topological polar surface area (TPSA) is 70.4 Å². The number of hydrogen-bond acceptors (Lipinski definition) is 4. The molecule has 0 radical (unpaired) electrons. The van der Waals surface area contributed by atoms with Gasteiger partial charge in [-0.1, -0.05) is 12.2 Å². The predicted octanol–water partition coefficient (Wildman–Crippen LogP) is 2.44. The van der Waals surface area contributed by atoms with E-state index in [2.05, 4.69) is 0 Å². The molecule has 5 nitrogen and oxygen atoms in total. The molecule has 3 aliphatic heterocycles. The summed E-state index contributed by atoms with van der Waals surface area (Å²) in [5.41, 5.74) is -2.48. The molecule has 132 valence electrons. The first-order valence-corrected chi connectivity index (χ1v) is 9.08. The Morgan fingerprint density at radius 2 is 2.12 bits per heavy atom. The minimum Gasteiger partial charge on any atom is -0.362 e. The summed E-state index contributed by atoms with van der Waals surface area (Å²) in [5.74, 6) is -0.350. The highest BCUT2D eigenvalue weighted by atomic mass is 32.2. The van der Waals surface area contributed by atoms with Crippen LogP contribution in [0.3, 0.4) is 0 Å². The SMILES string of the molecule is C[C@]12C=C[C@@H](O1)[C@@H]1[C@H]2CN(c2ccc(C#N)c(C(F)(F)F)c2)S1(=O)=O. The van der Waals surface area contributed by atoms with Gasteiger partial charge in [0.25, 0.3) is 0 Å². The lowest BCUT2D eigenvalue weighted by atomic mass is 9.84. The Labute approximate surface area is 142 Å². The molecule has 0 aromatic heterocycles. The number of halogens is 3. The largest absolute Gasteiger partial charge is 0.417 e. The second kappa shape index (κ2) is 4.77. The van der Waals surface area contributed by atoms with E-state index in [4.69, 9.17) is 10.00 Å². The molecule has 1 aromatic carbocycles. The Morgan fingerprint density at radius 3 is 2.72 bits per heavy atom. The third kappa shape index (κ3) is 2.14. The van der Waals surface area contributed by atoms with Crippen molar-refractivity contribution in [2.45, 2.75) is 30.1 Å². The number of nitriles is 1. The van der Waals surface area contributed by atoms with Crippen LogP contribution in [0.15, 0.2) is 30.4 Å². The van der Waals surface area contributed by atoms with Crippen molar-refractivity contribution in [1.29, 1.82) is 5.26 Å². The van der Waals surface area contributed by atoms with Gasteiger partial charge in [0.15, 0.2) is 0 Å². The molecule has 2 saturated heterocycles. The molecule has 0 amide bonds. The molecule has 1 aromatic rings. The quantitative estimate of drug-likeness (QED) is 0.712. The summed E-state index contributed by atoms with van der Waals surface area (Å²) in [4.78, 5) is 0. The molecule has 4 rings (SSSR count). The lowest BCUT2D eigenvalue weighted by molar-refractivity contribution is -0.137. The Kier molecular flexibility index (Phi) is 3.13. The van der Waals surface area contributed by atoms with Gasteiger partial charge in [-0.3, -0.25) is 4.31 Å². The second-order valence-electron chi connectivity index (χ2n) is 6.61. The van der Waals surface area contributed by atoms with Crippen molar-refractivity contribution in [3.63, 3.8) is 0 Å². The molecule has 0 N–H and O–H groups in total. The first-order valence-electron chi connectivity index (χ1n) is 7.58. The van der Waals surface area contributed by atoms with Gasteiger partial charge in [0.1, 0.15) is 5.25 Å². The fourth-order valence-electron chi connectivity index (χ4n) is 3.96. The van der Waals surface area contributed by atoms with Gasteiger partial charge in [-0.05, 0) is 25.1 Å². The van der Waals surface area contributed by atoms with Crippen LogP contribution in [0.1, 0.15) is 18.1 Å². The van der Waals surface area contributed by atoms with Crippen molar-refractivity contribution < 1.29 is 26.3 Å². The van der Waals surface area contributed by atoms with Gasteiger partial charge >= 0.3 is 6.18 Å². The van der Waals surface area contributed by atoms with Crippen LogP contribution >= 0.6 is 0 Å². The summed E-state index contributed by atoms with van der Waals surface area (Å²) < 4.78 is 72.0. The highest BCUT2D eigenvalue weighted by Gasteiger charge is 2.64. The lowest BCUT2D eigenvalue weighted by Crippen LogP contribution is -2.35. The third-order valence-electron chi connectivity index (χ3n) is 5.19. The maximum atomic E-state index is 13.2. The van der Waals surface area contributed by atoms with Crippen molar-refractivity contribution in [3.05, 3.63) is 41.5 Å². The highest BCUT2D eigenvalue weighted by molar-refractivity contribution is 7.93. The van der Waals surface area contributed by atoms with Crippen LogP contribution in [-0.2, 0) is 20.9 Å². The normalized spacial score (nSPS) is 35.0. The summed E-state index contributed by atoms with van der Waals surface area (Å²) >= 11 is 0. The van der Waals surface area contributed by atoms with Gasteiger partial charge < -0.3 is 4.74 Å². The Morgan fingerprint density at radius 1 is 1.40 bits per heavy atom. The summed E-state index contributed by atoms with van der Waals surface area (Å²) in [5, 5.41) is 8.08. The average molecular weight is 370 g/mol. The van der Waals surface area contributed by atoms with Crippen LogP contribution in [-0.4, -0.2) is 31.9 Å². The molecule has 0 saturated carbocycles. The zero-order valence-corrected chi connectivity index (χ0v) is 13.8. The average Bonchev–Trinajstić information content (AvgIpc) is 3.13. The van der Waals surface area contributed by atoms with Crippen LogP contribution in [0, 0.1) is 17.2 Å². The monoisotopic (exact) mass is 370 g/mol. The molecule has 3 heterocycles. The number of hydrogen-bond donors (Lipinski definition) is 0. The van der Waals surface area contributed by atoms with Crippen molar-refractivity contribution in [3.8, 4) is 6.07 Å². The van der Waals surface area contributed by atoms with Gasteiger partial charge in [-0.2, -0.15) is 18.4 Å². The molecule has 3 aliphatic rings. The fraction of sp³-hybridized carbons (Fsp3) is 0.438. The molecule has 0 unspecified atom stereocenters. The molecular formula is C16H13F3N2O3S. The van der Waals surface area contributed by atoms with Crippen LogP contribution in [0.5, 0.6) is 0 Å². The van der Waals surface area contributed by atoms with E-state index in [1.54, 1.807) is 13.0 Å². The molecule has 4 atom stereocenters. The first-order chi connectivity index (χ1) is 11.6. The minimum atomic E-state index is -4.74. The lowest BCUT2D eigenvalue weighted by Gasteiger charge is -2.25. The summed E-state index contributed by atoms with van der Waals surface area (Å²) in [7, 11) is -3.86. The van der Waals surface area contributed by atoms with Crippen molar-refractivity contribution in [2.75, 3.05) is 10.8 Å². The zero-order valence-electron chi connectivity index (χ0n) is 13.0. The minimum absolute atomic E-state index is 0.0491. The standard InChI is InChI=1S/C16H13F3N2O3S/c1-15-5-4-13(24-15)14-12(15)8-21(25(14,22)23)10-3-2-9(7-20)11(6-10)16(17,18)19/h2-6,12-14H,8H2,1H3/t12-,13-,14+,15-/m1/s1. The van der Waals surface area contributed by atoms with E-state index in [0.29, 0.717) is 0 Å². The predicted molar refractivity (Wildman–Crippen MR) is 82.1 cm³/mol. The number of nitrogens with zero attached hydrogens (tertiary/aromatic N) is 2. The Balaban J connectivity index is 1.79. The second-order valence-corrected chi connectivity index (χ2v) is 8.63. The van der Waals surface area contributed by atoms with Gasteiger partial charge in [-0.15, -0.1) is 0 Å². The highest BCUT2D eigenvalue weighted by Crippen LogP contribution is 2.51. The summed E-state index contributed by atoms with van der Waals surface area (Å²) in [6, 6.07) is 4.47. The van der Waals surface area contributed by atoms with Crippen molar-refractivity contribution in [1.82, 2.24) is 0 Å². The van der Waals surface area contributed by atoms with Crippen molar-refractivity contribution >= 4 is 15.7 Å². The van der Waals surface area contributed by atoms with Gasteiger partial charge in [-0.25, -0.2) is 8.42 Å². The van der Waals surface area contributed by atoms with E-state index in [1.165, 1.54) is 12.1 Å². The molecule has 0 spiro atoms. The van der Waals surface area contributed by atoms with E-state index in [9.17, 15) is 21.6 Å². The molecular weight excluding hydrogens is 357 g/mol. The Bertz CT molecular complexity index is 935. The van der Waals surface area contributed by atoms with Gasteiger partial charge in [0.2, 0.25) is 10.0 Å². The zero-order chi connectivity index (χ0) is 18.2. The van der Waals surface area contributed by atoms with E-state index in [1.807, 2.05) is 6.08 Å². The number of sulfonamides is 1. The van der Waals surface area contributed by atoms with Gasteiger partial charge in [0, 0.05) is 12.5 Å². The number of anilines is 1. The van der Waals surface area contributed by atoms with Crippen LogP contribution in [0.4, 0.5) is 18.9 Å². The van der Waals surface area contributed by atoms with Crippen LogP contribution in [0.2, 0.25) is 0 Å². The molecule has 2 bridgehead atoms. The van der Waals surface area contributed by atoms with E-state index >= 15 is 0 Å². The number of fused-ring (bicyclic) bond motifs is 5. The summed E-state index contributed by atoms with van der Waals surface area (Å²) in [6.45, 7) is 1.83. The number of alkyl halides is 3. The molecule has 9 heteroatoms. The van der Waals surface area contributed by atoms with Crippen molar-refractivity contribution in [2.24, 2.45) is 5.92 Å². The number of benzene rings is 1. The third-order valence-corrected chi connectivity index (χ3v) is 7.45. The maximum Gasteiger partial charge on any atom is 0.417 e. The Hall–Kier alpha value is -2.05. The van der Waals surface area contributed by atoms with E-state index < -0.39 is 44.3 Å². The fourth-order valence-corrected chi connectivity index (χ4v) is 6.29. The summed E-state index contributed by atoms with van der Waals surface area (Å²) in [6.07, 6.45) is -1.80. The first kappa shape index (κ1) is 16.4. The number of rotatable bonds is 1. The van der Waals surface area contributed by atoms with E-state index in [0.717, 1.165) is 16.4 Å². The smallest absolute Gasteiger partial charge is 0.362 e. The van der Waals surface area contributed by atoms with Crippen LogP contribution < -0.4 is 4.31 Å². The molecule has 2 fully saturated rings. The van der Waals surface area contributed by atoms with E-state index in [-0.39, 0.29) is 18.2 Å². The molecule has 25 heavy (non-hydrogen) atoms. The van der Waals surface area contributed by atoms with Crippen LogP contribution in [0.25, 0.3) is 0 Å². The molecule has 0 aliphatic carbocycles.